The van der Waals surface area contributed by atoms with Crippen LogP contribution in [0, 0.1) is 6.92 Å². The van der Waals surface area contributed by atoms with Crippen molar-refractivity contribution in [1.82, 2.24) is 24.5 Å². The Morgan fingerprint density at radius 2 is 1.69 bits per heavy atom. The van der Waals surface area contributed by atoms with E-state index in [0.29, 0.717) is 35.0 Å². The summed E-state index contributed by atoms with van der Waals surface area (Å²) >= 11 is 5.98. The number of rotatable bonds is 5. The van der Waals surface area contributed by atoms with Gasteiger partial charge in [-0.1, -0.05) is 41.9 Å². The number of hydrogen-bond donors (Lipinski definition) is 1. The third-order valence-corrected chi connectivity index (χ3v) is 6.25. The standard InChI is InChI=1S/C24H25ClN6O/c1-17-21(15-18-7-9-19(25)10-8-18)23(32)31-24(26-17)27-22(28-31)16-29-11-13-30(14-12-29)20-5-3-2-4-6-20/h2-10H,11-16H2,1H3,(H,26,27,28). The Labute approximate surface area is 191 Å². The molecule has 0 amide bonds. The third-order valence-electron chi connectivity index (χ3n) is 6.00. The van der Waals surface area contributed by atoms with Crippen molar-refractivity contribution in [3.8, 4) is 0 Å². The fraction of sp³-hybridized carbons (Fsp3) is 0.292. The fourth-order valence-corrected chi connectivity index (χ4v) is 4.32. The van der Waals surface area contributed by atoms with Gasteiger partial charge in [0.05, 0.1) is 12.2 Å². The Kier molecular flexibility index (Phi) is 5.68. The topological polar surface area (TPSA) is 69.5 Å². The normalized spacial score (nSPS) is 14.9. The van der Waals surface area contributed by atoms with Crippen LogP contribution in [-0.2, 0) is 13.0 Å². The lowest BCUT2D eigenvalue weighted by atomic mass is 10.1. The monoisotopic (exact) mass is 448 g/mol. The van der Waals surface area contributed by atoms with Gasteiger partial charge in [0.1, 0.15) is 5.82 Å². The lowest BCUT2D eigenvalue weighted by Gasteiger charge is -2.35. The number of aryl methyl sites for hydroxylation is 1. The Hall–Kier alpha value is -3.16. The van der Waals surface area contributed by atoms with Gasteiger partial charge in [0.2, 0.25) is 0 Å². The minimum atomic E-state index is -0.102. The zero-order valence-electron chi connectivity index (χ0n) is 18.0. The molecule has 1 N–H and O–H groups in total. The summed E-state index contributed by atoms with van der Waals surface area (Å²) in [6.07, 6.45) is 0.508. The molecule has 32 heavy (non-hydrogen) atoms. The van der Waals surface area contributed by atoms with Crippen molar-refractivity contribution in [1.29, 1.82) is 0 Å². The summed E-state index contributed by atoms with van der Waals surface area (Å²) in [6.45, 7) is 6.34. The first-order valence-electron chi connectivity index (χ1n) is 10.8. The summed E-state index contributed by atoms with van der Waals surface area (Å²) in [7, 11) is 0. The van der Waals surface area contributed by atoms with Gasteiger partial charge in [0.15, 0.2) is 0 Å². The average molecular weight is 449 g/mol. The van der Waals surface area contributed by atoms with E-state index in [1.165, 1.54) is 10.2 Å². The number of para-hydroxylation sites is 1. The van der Waals surface area contributed by atoms with Gasteiger partial charge in [-0.3, -0.25) is 14.8 Å². The van der Waals surface area contributed by atoms with Crippen molar-refractivity contribution in [3.05, 3.63) is 92.6 Å². The van der Waals surface area contributed by atoms with Gasteiger partial charge in [0, 0.05) is 48.9 Å². The number of anilines is 1. The first-order valence-corrected chi connectivity index (χ1v) is 11.2. The van der Waals surface area contributed by atoms with E-state index in [9.17, 15) is 4.79 Å². The van der Waals surface area contributed by atoms with E-state index in [0.717, 1.165) is 37.6 Å². The molecule has 0 saturated carbocycles. The molecule has 0 radical (unpaired) electrons. The van der Waals surface area contributed by atoms with Crippen molar-refractivity contribution < 1.29 is 0 Å². The summed E-state index contributed by atoms with van der Waals surface area (Å²) in [4.78, 5) is 27.1. The molecule has 0 spiro atoms. The molecular weight excluding hydrogens is 424 g/mol. The maximum atomic E-state index is 13.1. The molecule has 0 bridgehead atoms. The second kappa shape index (κ2) is 8.76. The maximum absolute atomic E-state index is 13.1. The highest BCUT2D eigenvalue weighted by Gasteiger charge is 2.19. The second-order valence-electron chi connectivity index (χ2n) is 8.19. The molecule has 0 aliphatic carbocycles. The first kappa shape index (κ1) is 20.7. The Balaban J connectivity index is 1.31. The highest BCUT2D eigenvalue weighted by atomic mass is 35.5. The van der Waals surface area contributed by atoms with Crippen molar-refractivity contribution in [3.63, 3.8) is 0 Å². The quantitative estimate of drug-likeness (QED) is 0.507. The van der Waals surface area contributed by atoms with Gasteiger partial charge in [-0.25, -0.2) is 4.98 Å². The molecule has 2 aromatic heterocycles. The van der Waals surface area contributed by atoms with E-state index in [1.807, 2.05) is 37.3 Å². The second-order valence-corrected chi connectivity index (χ2v) is 8.63. The number of nitrogens with zero attached hydrogens (tertiary/aromatic N) is 5. The van der Waals surface area contributed by atoms with Gasteiger partial charge in [-0.2, -0.15) is 9.50 Å². The molecule has 5 rings (SSSR count). The Morgan fingerprint density at radius 3 is 2.41 bits per heavy atom. The average Bonchev–Trinajstić information content (AvgIpc) is 3.21. The molecule has 7 nitrogen and oxygen atoms in total. The van der Waals surface area contributed by atoms with Crippen molar-refractivity contribution in [2.24, 2.45) is 0 Å². The summed E-state index contributed by atoms with van der Waals surface area (Å²) in [5, 5.41) is 3.85. The molecule has 164 valence electrons. The smallest absolute Gasteiger partial charge is 0.277 e. The molecule has 3 heterocycles. The van der Waals surface area contributed by atoms with Crippen LogP contribution in [0.25, 0.3) is 5.78 Å². The lowest BCUT2D eigenvalue weighted by molar-refractivity contribution is 0.244. The molecule has 1 aliphatic heterocycles. The molecule has 2 aromatic carbocycles. The summed E-state index contributed by atoms with van der Waals surface area (Å²) in [5.74, 6) is 1.18. The zero-order valence-corrected chi connectivity index (χ0v) is 18.7. The van der Waals surface area contributed by atoms with Gasteiger partial charge in [-0.05, 0) is 36.8 Å². The number of benzene rings is 2. The van der Waals surface area contributed by atoms with E-state index in [-0.39, 0.29) is 5.56 Å². The van der Waals surface area contributed by atoms with Crippen LogP contribution >= 0.6 is 11.6 Å². The number of aromatic amines is 1. The number of halogens is 1. The van der Waals surface area contributed by atoms with Crippen molar-refractivity contribution >= 4 is 23.1 Å². The number of fused-ring (bicyclic) bond motifs is 1. The molecular formula is C24H25ClN6O. The third kappa shape index (κ3) is 4.26. The van der Waals surface area contributed by atoms with Gasteiger partial charge < -0.3 is 4.90 Å². The highest BCUT2D eigenvalue weighted by molar-refractivity contribution is 6.30. The van der Waals surface area contributed by atoms with Crippen LogP contribution in [0.1, 0.15) is 22.6 Å². The summed E-state index contributed by atoms with van der Waals surface area (Å²) in [5.41, 5.74) is 3.55. The van der Waals surface area contributed by atoms with Crippen LogP contribution in [0.3, 0.4) is 0 Å². The summed E-state index contributed by atoms with van der Waals surface area (Å²) < 4.78 is 1.47. The fourth-order valence-electron chi connectivity index (χ4n) is 4.19. The van der Waals surface area contributed by atoms with Crippen LogP contribution in [0.4, 0.5) is 5.69 Å². The summed E-state index contributed by atoms with van der Waals surface area (Å²) in [6, 6.07) is 18.0. The molecule has 8 heteroatoms. The molecule has 1 saturated heterocycles. The Morgan fingerprint density at radius 1 is 0.969 bits per heavy atom. The number of hydrogen-bond acceptors (Lipinski definition) is 5. The number of piperazine rings is 1. The molecule has 1 aliphatic rings. The SMILES string of the molecule is Cc1nc2nc(CN3CCN(c4ccccc4)CC3)[nH]n2c(=O)c1Cc1ccc(Cl)cc1. The molecule has 0 atom stereocenters. The van der Waals surface area contributed by atoms with Gasteiger partial charge in [-0.15, -0.1) is 0 Å². The minimum Gasteiger partial charge on any atom is -0.369 e. The van der Waals surface area contributed by atoms with Gasteiger partial charge in [0.25, 0.3) is 11.3 Å². The predicted molar refractivity (Wildman–Crippen MR) is 127 cm³/mol. The van der Waals surface area contributed by atoms with Crippen molar-refractivity contribution in [2.45, 2.75) is 19.9 Å². The maximum Gasteiger partial charge on any atom is 0.277 e. The Bertz CT molecular complexity index is 1270. The zero-order chi connectivity index (χ0) is 22.1. The van der Waals surface area contributed by atoms with Crippen LogP contribution < -0.4 is 10.5 Å². The van der Waals surface area contributed by atoms with E-state index < -0.39 is 0 Å². The lowest BCUT2D eigenvalue weighted by Crippen LogP contribution is -2.46. The van der Waals surface area contributed by atoms with Crippen LogP contribution in [0.2, 0.25) is 5.02 Å². The van der Waals surface area contributed by atoms with Crippen molar-refractivity contribution in [2.75, 3.05) is 31.1 Å². The van der Waals surface area contributed by atoms with E-state index in [4.69, 9.17) is 11.6 Å². The largest absolute Gasteiger partial charge is 0.369 e. The van der Waals surface area contributed by atoms with Gasteiger partial charge >= 0.3 is 0 Å². The predicted octanol–water partition coefficient (Wildman–Crippen LogP) is 3.29. The number of H-pyrrole nitrogens is 1. The molecule has 1 fully saturated rings. The van der Waals surface area contributed by atoms with E-state index in [1.54, 1.807) is 0 Å². The first-order chi connectivity index (χ1) is 15.6. The molecule has 4 aromatic rings. The van der Waals surface area contributed by atoms with Crippen LogP contribution in [0.15, 0.2) is 59.4 Å². The van der Waals surface area contributed by atoms with E-state index in [2.05, 4.69) is 49.1 Å². The number of nitrogens with one attached hydrogen (secondary N) is 1. The number of aromatic nitrogens is 4. The van der Waals surface area contributed by atoms with E-state index >= 15 is 0 Å². The minimum absolute atomic E-state index is 0.102. The molecule has 0 unspecified atom stereocenters. The highest BCUT2D eigenvalue weighted by Crippen LogP contribution is 2.17. The van der Waals surface area contributed by atoms with Crippen LogP contribution in [0.5, 0.6) is 0 Å². The van der Waals surface area contributed by atoms with Crippen LogP contribution in [-0.4, -0.2) is 50.7 Å².